The van der Waals surface area contributed by atoms with E-state index in [9.17, 15) is 23.1 Å². The van der Waals surface area contributed by atoms with E-state index in [0.717, 1.165) is 23.3 Å². The number of halogens is 3. The van der Waals surface area contributed by atoms with Gasteiger partial charge in [0.1, 0.15) is 5.75 Å². The number of amidine groups is 2. The first-order valence-corrected chi connectivity index (χ1v) is 11.1. The van der Waals surface area contributed by atoms with Gasteiger partial charge < -0.3 is 15.2 Å². The number of hydrogen-bond acceptors (Lipinski definition) is 4. The lowest BCUT2D eigenvalue weighted by atomic mass is 10.1. The fourth-order valence-corrected chi connectivity index (χ4v) is 3.29. The van der Waals surface area contributed by atoms with Gasteiger partial charge in [-0.1, -0.05) is 24.3 Å². The Balaban J connectivity index is 2.09. The molecule has 2 aromatic carbocycles. The van der Waals surface area contributed by atoms with E-state index < -0.39 is 23.3 Å². The molecular formula is C25H32F3N4O3+. The molecule has 2 aromatic rings. The zero-order valence-electron chi connectivity index (χ0n) is 20.5. The Hall–Kier alpha value is -3.24. The molecule has 0 aliphatic carbocycles. The molecule has 0 radical (unpaired) electrons. The van der Waals surface area contributed by atoms with E-state index >= 15 is 0 Å². The number of rotatable bonds is 9. The molecule has 0 aliphatic heterocycles. The maximum Gasteiger partial charge on any atom is 0.416 e. The summed E-state index contributed by atoms with van der Waals surface area (Å²) in [5.74, 6) is -0.0260. The van der Waals surface area contributed by atoms with Crippen molar-refractivity contribution in [3.63, 3.8) is 0 Å². The van der Waals surface area contributed by atoms with Crippen molar-refractivity contribution >= 4 is 17.6 Å². The van der Waals surface area contributed by atoms with E-state index in [4.69, 9.17) is 10.1 Å². The Morgan fingerprint density at radius 3 is 2.31 bits per heavy atom. The fraction of sp³-hybridized carbons (Fsp3) is 0.400. The number of likely N-dealkylation sites (N-methyl/N-ethyl adjacent to an activating group) is 2. The van der Waals surface area contributed by atoms with Gasteiger partial charge >= 0.3 is 12.1 Å². The van der Waals surface area contributed by atoms with Crippen molar-refractivity contribution in [1.29, 1.82) is 5.41 Å². The molecule has 0 aromatic heterocycles. The van der Waals surface area contributed by atoms with Gasteiger partial charge in [0.05, 0.1) is 18.7 Å². The Morgan fingerprint density at radius 1 is 1.17 bits per heavy atom. The van der Waals surface area contributed by atoms with Gasteiger partial charge in [0.25, 0.3) is 0 Å². The number of hydrogen-bond donors (Lipinski definition) is 3. The van der Waals surface area contributed by atoms with Gasteiger partial charge in [0.2, 0.25) is 5.84 Å². The summed E-state index contributed by atoms with van der Waals surface area (Å²) in [6, 6.07) is 9.93. The molecule has 0 saturated heterocycles. The van der Waals surface area contributed by atoms with Crippen LogP contribution in [-0.4, -0.2) is 53.4 Å². The molecule has 0 unspecified atom stereocenters. The van der Waals surface area contributed by atoms with Crippen LogP contribution in [0.1, 0.15) is 43.0 Å². The second-order valence-electron chi connectivity index (χ2n) is 8.83. The number of benzene rings is 2. The molecule has 190 valence electrons. The molecule has 0 fully saturated rings. The number of nitrogens with two attached hydrogens (primary N) is 1. The Labute approximate surface area is 203 Å². The van der Waals surface area contributed by atoms with E-state index in [1.807, 2.05) is 43.2 Å². The topological polar surface area (TPSA) is 103 Å². The number of ether oxygens (including phenoxy) is 1. The molecule has 0 aliphatic rings. The predicted octanol–water partition coefficient (Wildman–Crippen LogP) is 3.69. The van der Waals surface area contributed by atoms with E-state index in [1.165, 1.54) is 26.0 Å². The fourth-order valence-electron chi connectivity index (χ4n) is 3.29. The normalized spacial score (nSPS) is 12.7. The summed E-state index contributed by atoms with van der Waals surface area (Å²) in [4.78, 5) is 17.7. The molecule has 4 N–H and O–H groups in total. The summed E-state index contributed by atoms with van der Waals surface area (Å²) >= 11 is 0. The van der Waals surface area contributed by atoms with Crippen LogP contribution >= 0.6 is 0 Å². The summed E-state index contributed by atoms with van der Waals surface area (Å²) in [6.07, 6.45) is -4.43. The monoisotopic (exact) mass is 493 g/mol. The smallest absolute Gasteiger partial charge is 0.416 e. The van der Waals surface area contributed by atoms with E-state index in [0.29, 0.717) is 36.8 Å². The zero-order chi connectivity index (χ0) is 26.4. The number of aliphatic carboxylic acids is 1. The molecule has 0 heterocycles. The molecule has 0 bridgehead atoms. The molecule has 7 nitrogen and oxygen atoms in total. The van der Waals surface area contributed by atoms with Crippen LogP contribution in [0.2, 0.25) is 0 Å². The number of carbonyl (C=O) groups is 1. The summed E-state index contributed by atoms with van der Waals surface area (Å²) in [5.41, 5.74) is -0.0148. The third kappa shape index (κ3) is 8.18. The molecule has 0 saturated carbocycles. The van der Waals surface area contributed by atoms with Crippen molar-refractivity contribution in [3.8, 4) is 5.75 Å². The van der Waals surface area contributed by atoms with Gasteiger partial charge in [-0.05, 0) is 64.1 Å². The van der Waals surface area contributed by atoms with Gasteiger partial charge in [-0.25, -0.2) is 4.79 Å². The van der Waals surface area contributed by atoms with Crippen molar-refractivity contribution in [1.82, 2.24) is 4.90 Å². The Kier molecular flexibility index (Phi) is 9.17. The third-order valence-corrected chi connectivity index (χ3v) is 5.18. The van der Waals surface area contributed by atoms with Crippen LogP contribution in [0.25, 0.3) is 0 Å². The largest absolute Gasteiger partial charge is 0.478 e. The molecule has 0 amide bonds. The van der Waals surface area contributed by atoms with E-state index in [1.54, 1.807) is 6.07 Å². The summed E-state index contributed by atoms with van der Waals surface area (Å²) in [6.45, 7) is 8.46. The quantitative estimate of drug-likeness (QED) is 0.366. The summed E-state index contributed by atoms with van der Waals surface area (Å²) < 4.78 is 44.0. The number of aryl methyl sites for hydroxylation is 1. The van der Waals surface area contributed by atoms with Crippen LogP contribution < -0.4 is 10.1 Å². The second kappa shape index (κ2) is 11.5. The Bertz CT molecular complexity index is 1080. The highest BCUT2D eigenvalue weighted by atomic mass is 19.4. The first-order chi connectivity index (χ1) is 16.2. The van der Waals surface area contributed by atoms with Gasteiger partial charge in [0.15, 0.2) is 11.4 Å². The van der Waals surface area contributed by atoms with Gasteiger partial charge in [0, 0.05) is 12.1 Å². The number of nitrogens with one attached hydrogen (secondary N) is 1. The minimum Gasteiger partial charge on any atom is -0.478 e. The molecule has 2 rings (SSSR count). The minimum atomic E-state index is -4.43. The lowest BCUT2D eigenvalue weighted by molar-refractivity contribution is -0.537. The standard InChI is InChI=1S/C25H31F3N4O3/c1-6-30-21(31-22(29)18-8-10-19(11-9-18)25(26,27)28)15-32(5)14-17-7-12-20(16(2)13-17)35-24(3,4)23(33)34/h7-13H,6,14-15H2,1-5H3,(H,33,34)(H2,29,30,31)/p+1. The maximum absolute atomic E-state index is 12.8. The number of nitrogens with zero attached hydrogens (tertiary/aromatic N) is 2. The predicted molar refractivity (Wildman–Crippen MR) is 128 cm³/mol. The lowest BCUT2D eigenvalue weighted by Crippen LogP contribution is -2.89. The third-order valence-electron chi connectivity index (χ3n) is 5.18. The van der Waals surface area contributed by atoms with Crippen molar-refractivity contribution in [2.24, 2.45) is 4.99 Å². The van der Waals surface area contributed by atoms with Crippen molar-refractivity contribution in [2.75, 3.05) is 20.1 Å². The number of aliphatic imine (C=N–C) groups is 1. The zero-order valence-corrected chi connectivity index (χ0v) is 20.5. The highest BCUT2D eigenvalue weighted by molar-refractivity contribution is 6.03. The summed E-state index contributed by atoms with van der Waals surface area (Å²) in [5, 5.41) is 19.4. The minimum absolute atomic E-state index is 0.106. The van der Waals surface area contributed by atoms with Crippen LogP contribution in [0.4, 0.5) is 13.2 Å². The average molecular weight is 494 g/mol. The molecular weight excluding hydrogens is 461 g/mol. The van der Waals surface area contributed by atoms with E-state index in [2.05, 4.69) is 4.99 Å². The van der Waals surface area contributed by atoms with Crippen LogP contribution in [0.3, 0.4) is 0 Å². The molecule has 0 atom stereocenters. The number of quaternary nitrogens is 1. The molecule has 10 heteroatoms. The number of alkyl halides is 3. The van der Waals surface area contributed by atoms with Gasteiger partial charge in [-0.3, -0.25) is 10.3 Å². The van der Waals surface area contributed by atoms with Crippen LogP contribution in [0.5, 0.6) is 5.75 Å². The first-order valence-electron chi connectivity index (χ1n) is 11.1. The van der Waals surface area contributed by atoms with E-state index in [-0.39, 0.29) is 5.84 Å². The van der Waals surface area contributed by atoms with Crippen molar-refractivity contribution in [2.45, 2.75) is 46.0 Å². The van der Waals surface area contributed by atoms with Crippen LogP contribution in [-0.2, 0) is 17.5 Å². The second-order valence-corrected chi connectivity index (χ2v) is 8.83. The lowest BCUT2D eigenvalue weighted by Gasteiger charge is -2.23. The Morgan fingerprint density at radius 2 is 1.80 bits per heavy atom. The van der Waals surface area contributed by atoms with Gasteiger partial charge in [-0.2, -0.15) is 18.2 Å². The summed E-state index contributed by atoms with van der Waals surface area (Å²) in [7, 11) is 1.90. The SMILES string of the molecule is CC[NH2+]C(CN(C)Cc1ccc(OC(C)(C)C(=O)O)c(C)c1)=NC(=N)c1ccc(C(F)(F)F)cc1. The highest BCUT2D eigenvalue weighted by Crippen LogP contribution is 2.29. The molecule has 35 heavy (non-hydrogen) atoms. The maximum atomic E-state index is 12.8. The number of carboxylic acids is 1. The average Bonchev–Trinajstić information content (AvgIpc) is 2.75. The molecule has 0 spiro atoms. The van der Waals surface area contributed by atoms with Gasteiger partial charge in [-0.15, -0.1) is 0 Å². The van der Waals surface area contributed by atoms with Crippen LogP contribution in [0.15, 0.2) is 47.5 Å². The van der Waals surface area contributed by atoms with Crippen molar-refractivity contribution < 1.29 is 33.1 Å². The van der Waals surface area contributed by atoms with Crippen molar-refractivity contribution in [3.05, 3.63) is 64.7 Å². The van der Waals surface area contributed by atoms with Crippen LogP contribution in [0, 0.1) is 12.3 Å². The first kappa shape index (κ1) is 28.0. The highest BCUT2D eigenvalue weighted by Gasteiger charge is 2.30. The number of carboxylic acid groups (broad SMARTS) is 1.